The second-order valence-electron chi connectivity index (χ2n) is 5.80. The third-order valence-corrected chi connectivity index (χ3v) is 4.50. The topological polar surface area (TPSA) is 55.6 Å². The SMILES string of the molecule is Cn1cncc1-c1nc2c(c(C3CCC3)n1)CNCC2. The zero-order valence-electron chi connectivity index (χ0n) is 11.8. The molecule has 0 aromatic carbocycles. The molecule has 1 aliphatic carbocycles. The van der Waals surface area contributed by atoms with Crippen molar-refractivity contribution in [3.63, 3.8) is 0 Å². The molecule has 1 fully saturated rings. The molecule has 5 nitrogen and oxygen atoms in total. The lowest BCUT2D eigenvalue weighted by molar-refractivity contribution is 0.404. The third-order valence-electron chi connectivity index (χ3n) is 4.50. The number of rotatable bonds is 2. The van der Waals surface area contributed by atoms with Gasteiger partial charge in [0.15, 0.2) is 5.82 Å². The van der Waals surface area contributed by atoms with Gasteiger partial charge in [0.2, 0.25) is 0 Å². The average Bonchev–Trinajstić information content (AvgIpc) is 2.83. The van der Waals surface area contributed by atoms with E-state index in [1.165, 1.54) is 36.2 Å². The van der Waals surface area contributed by atoms with E-state index < -0.39 is 0 Å². The van der Waals surface area contributed by atoms with Crippen LogP contribution in [0, 0.1) is 0 Å². The van der Waals surface area contributed by atoms with Gasteiger partial charge in [0.1, 0.15) is 5.69 Å². The summed E-state index contributed by atoms with van der Waals surface area (Å²) in [5.41, 5.74) is 4.88. The molecule has 104 valence electrons. The Morgan fingerprint density at radius 3 is 2.90 bits per heavy atom. The molecule has 5 heteroatoms. The molecule has 2 aromatic rings. The highest BCUT2D eigenvalue weighted by atomic mass is 15.1. The first kappa shape index (κ1) is 12.0. The number of aromatic nitrogens is 4. The monoisotopic (exact) mass is 269 g/mol. The zero-order chi connectivity index (χ0) is 13.5. The van der Waals surface area contributed by atoms with Crippen LogP contribution in [0.4, 0.5) is 0 Å². The summed E-state index contributed by atoms with van der Waals surface area (Å²) < 4.78 is 1.99. The maximum Gasteiger partial charge on any atom is 0.178 e. The molecule has 0 atom stereocenters. The van der Waals surface area contributed by atoms with Gasteiger partial charge in [-0.3, -0.25) is 0 Å². The van der Waals surface area contributed by atoms with Crippen molar-refractivity contribution < 1.29 is 0 Å². The molecule has 2 aliphatic rings. The van der Waals surface area contributed by atoms with Crippen molar-refractivity contribution >= 4 is 0 Å². The van der Waals surface area contributed by atoms with Gasteiger partial charge in [0, 0.05) is 38.0 Å². The Kier molecular flexibility index (Phi) is 2.80. The van der Waals surface area contributed by atoms with Gasteiger partial charge in [-0.05, 0) is 12.8 Å². The Morgan fingerprint density at radius 1 is 1.30 bits per heavy atom. The Balaban J connectivity index is 1.86. The van der Waals surface area contributed by atoms with Crippen molar-refractivity contribution in [2.45, 2.75) is 38.1 Å². The standard InChI is InChI=1S/C15H19N5/c1-20-9-17-8-13(20)15-18-12-5-6-16-7-11(12)14(19-15)10-3-2-4-10/h8-10,16H,2-7H2,1H3. The van der Waals surface area contributed by atoms with Crippen LogP contribution in [0.5, 0.6) is 0 Å². The summed E-state index contributed by atoms with van der Waals surface area (Å²) in [7, 11) is 2.00. The van der Waals surface area contributed by atoms with Crippen LogP contribution in [0.1, 0.15) is 42.1 Å². The first-order chi connectivity index (χ1) is 9.83. The maximum atomic E-state index is 4.90. The minimum atomic E-state index is 0.638. The van der Waals surface area contributed by atoms with Crippen LogP contribution in [0.15, 0.2) is 12.5 Å². The van der Waals surface area contributed by atoms with Crippen LogP contribution >= 0.6 is 0 Å². The summed E-state index contributed by atoms with van der Waals surface area (Å²) in [5, 5.41) is 3.45. The molecule has 0 amide bonds. The fourth-order valence-electron chi connectivity index (χ4n) is 3.08. The van der Waals surface area contributed by atoms with Crippen LogP contribution in [-0.4, -0.2) is 26.1 Å². The highest BCUT2D eigenvalue weighted by Gasteiger charge is 2.28. The largest absolute Gasteiger partial charge is 0.331 e. The average molecular weight is 269 g/mol. The molecule has 20 heavy (non-hydrogen) atoms. The minimum Gasteiger partial charge on any atom is -0.331 e. The van der Waals surface area contributed by atoms with Crippen molar-refractivity contribution in [1.29, 1.82) is 0 Å². The molecule has 3 heterocycles. The number of aryl methyl sites for hydroxylation is 1. The maximum absolute atomic E-state index is 4.90. The second kappa shape index (κ2) is 4.66. The lowest BCUT2D eigenvalue weighted by atomic mass is 9.80. The number of hydrogen-bond acceptors (Lipinski definition) is 4. The Hall–Kier alpha value is -1.75. The smallest absolute Gasteiger partial charge is 0.178 e. The molecular weight excluding hydrogens is 250 g/mol. The van der Waals surface area contributed by atoms with E-state index in [9.17, 15) is 0 Å². The summed E-state index contributed by atoms with van der Waals surface area (Å²) in [6, 6.07) is 0. The van der Waals surface area contributed by atoms with Gasteiger partial charge in [-0.1, -0.05) is 6.42 Å². The number of imidazole rings is 1. The predicted molar refractivity (Wildman–Crippen MR) is 76.2 cm³/mol. The van der Waals surface area contributed by atoms with E-state index in [0.29, 0.717) is 5.92 Å². The number of nitrogens with one attached hydrogen (secondary N) is 1. The van der Waals surface area contributed by atoms with E-state index >= 15 is 0 Å². The summed E-state index contributed by atoms with van der Waals surface area (Å²) in [5.74, 6) is 1.48. The molecule has 0 radical (unpaired) electrons. The van der Waals surface area contributed by atoms with Crippen molar-refractivity contribution in [1.82, 2.24) is 24.8 Å². The van der Waals surface area contributed by atoms with E-state index in [1.807, 2.05) is 24.1 Å². The van der Waals surface area contributed by atoms with E-state index in [1.54, 1.807) is 0 Å². The third kappa shape index (κ3) is 1.85. The molecule has 0 bridgehead atoms. The molecule has 2 aromatic heterocycles. The molecular formula is C15H19N5. The Bertz CT molecular complexity index is 642. The summed E-state index contributed by atoms with van der Waals surface area (Å²) in [6.07, 6.45) is 8.54. The minimum absolute atomic E-state index is 0.638. The van der Waals surface area contributed by atoms with E-state index in [-0.39, 0.29) is 0 Å². The number of fused-ring (bicyclic) bond motifs is 1. The predicted octanol–water partition coefficient (Wildman–Crippen LogP) is 1.79. The molecule has 1 N–H and O–H groups in total. The van der Waals surface area contributed by atoms with Gasteiger partial charge in [-0.25, -0.2) is 15.0 Å². The highest BCUT2D eigenvalue weighted by Crippen LogP contribution is 2.38. The Morgan fingerprint density at radius 2 is 2.20 bits per heavy atom. The van der Waals surface area contributed by atoms with Crippen molar-refractivity contribution in [3.8, 4) is 11.5 Å². The van der Waals surface area contributed by atoms with Gasteiger partial charge in [-0.15, -0.1) is 0 Å². The summed E-state index contributed by atoms with van der Waals surface area (Å²) >= 11 is 0. The zero-order valence-corrected chi connectivity index (χ0v) is 11.8. The van der Waals surface area contributed by atoms with E-state index in [4.69, 9.17) is 9.97 Å². The molecule has 0 spiro atoms. The van der Waals surface area contributed by atoms with Crippen molar-refractivity contribution in [2.24, 2.45) is 7.05 Å². The highest BCUT2D eigenvalue weighted by molar-refractivity contribution is 5.51. The first-order valence-corrected chi connectivity index (χ1v) is 7.40. The van der Waals surface area contributed by atoms with Gasteiger partial charge in [-0.2, -0.15) is 0 Å². The second-order valence-corrected chi connectivity index (χ2v) is 5.80. The normalized spacial score (nSPS) is 18.6. The summed E-state index contributed by atoms with van der Waals surface area (Å²) in [4.78, 5) is 13.9. The van der Waals surface area contributed by atoms with Gasteiger partial charge in [0.05, 0.1) is 23.9 Å². The number of hydrogen-bond donors (Lipinski definition) is 1. The fourth-order valence-corrected chi connectivity index (χ4v) is 3.08. The van der Waals surface area contributed by atoms with Gasteiger partial charge >= 0.3 is 0 Å². The molecule has 1 saturated carbocycles. The van der Waals surface area contributed by atoms with Crippen LogP contribution in [0.2, 0.25) is 0 Å². The van der Waals surface area contributed by atoms with E-state index in [0.717, 1.165) is 31.0 Å². The van der Waals surface area contributed by atoms with Gasteiger partial charge < -0.3 is 9.88 Å². The van der Waals surface area contributed by atoms with Crippen molar-refractivity contribution in [2.75, 3.05) is 6.54 Å². The van der Waals surface area contributed by atoms with E-state index in [2.05, 4.69) is 10.3 Å². The van der Waals surface area contributed by atoms with Gasteiger partial charge in [0.25, 0.3) is 0 Å². The number of nitrogens with zero attached hydrogens (tertiary/aromatic N) is 4. The summed E-state index contributed by atoms with van der Waals surface area (Å²) in [6.45, 7) is 1.94. The van der Waals surface area contributed by atoms with Crippen LogP contribution < -0.4 is 5.32 Å². The van der Waals surface area contributed by atoms with Crippen LogP contribution in [0.3, 0.4) is 0 Å². The molecule has 0 saturated heterocycles. The first-order valence-electron chi connectivity index (χ1n) is 7.40. The fraction of sp³-hybridized carbons (Fsp3) is 0.533. The quantitative estimate of drug-likeness (QED) is 0.903. The van der Waals surface area contributed by atoms with Crippen LogP contribution in [-0.2, 0) is 20.0 Å². The van der Waals surface area contributed by atoms with Crippen molar-refractivity contribution in [3.05, 3.63) is 29.5 Å². The van der Waals surface area contributed by atoms with Crippen LogP contribution in [0.25, 0.3) is 11.5 Å². The molecule has 1 aliphatic heterocycles. The Labute approximate surface area is 118 Å². The molecule has 0 unspecified atom stereocenters. The lowest BCUT2D eigenvalue weighted by Crippen LogP contribution is -2.28. The molecule has 4 rings (SSSR count). The lowest BCUT2D eigenvalue weighted by Gasteiger charge is -2.29.